The summed E-state index contributed by atoms with van der Waals surface area (Å²) in [7, 11) is 1.85. The van der Waals surface area contributed by atoms with Gasteiger partial charge in [0, 0.05) is 38.3 Å². The van der Waals surface area contributed by atoms with Crippen molar-refractivity contribution in [2.45, 2.75) is 63.1 Å². The molecule has 5 nitrogen and oxygen atoms in total. The van der Waals surface area contributed by atoms with Crippen molar-refractivity contribution in [3.8, 4) is 0 Å². The Bertz CT molecular complexity index is 370. The summed E-state index contributed by atoms with van der Waals surface area (Å²) in [6.45, 7) is 6.46. The molecule has 1 atom stereocenters. The summed E-state index contributed by atoms with van der Waals surface area (Å²) < 4.78 is 5.52. The third-order valence-electron chi connectivity index (χ3n) is 5.47. The first-order valence-electron chi connectivity index (χ1n) is 8.54. The van der Waals surface area contributed by atoms with Gasteiger partial charge in [0.15, 0.2) is 5.96 Å². The summed E-state index contributed by atoms with van der Waals surface area (Å²) in [6, 6.07) is 0.476. The minimum Gasteiger partial charge on any atom is -0.381 e. The van der Waals surface area contributed by atoms with Gasteiger partial charge < -0.3 is 15.4 Å². The van der Waals surface area contributed by atoms with Crippen molar-refractivity contribution in [1.29, 1.82) is 0 Å². The Morgan fingerprint density at radius 3 is 2.62 bits per heavy atom. The van der Waals surface area contributed by atoms with Gasteiger partial charge in [-0.25, -0.2) is 0 Å². The predicted molar refractivity (Wildman–Crippen MR) is 85.7 cm³/mol. The molecule has 1 saturated carbocycles. The van der Waals surface area contributed by atoms with Crippen molar-refractivity contribution in [2.75, 3.05) is 33.3 Å². The van der Waals surface area contributed by atoms with E-state index in [0.29, 0.717) is 17.7 Å². The highest BCUT2D eigenvalue weighted by Gasteiger charge is 2.41. The molecule has 2 N–H and O–H groups in total. The van der Waals surface area contributed by atoms with Crippen LogP contribution < -0.4 is 10.6 Å². The van der Waals surface area contributed by atoms with Crippen LogP contribution in [0.2, 0.25) is 0 Å². The molecule has 0 bridgehead atoms. The summed E-state index contributed by atoms with van der Waals surface area (Å²) in [4.78, 5) is 7.26. The molecule has 1 unspecified atom stereocenters. The highest BCUT2D eigenvalue weighted by molar-refractivity contribution is 5.81. The van der Waals surface area contributed by atoms with Gasteiger partial charge in [0.2, 0.25) is 0 Å². The van der Waals surface area contributed by atoms with E-state index in [9.17, 15) is 0 Å². The van der Waals surface area contributed by atoms with Gasteiger partial charge in [0.1, 0.15) is 0 Å². The topological polar surface area (TPSA) is 48.9 Å². The molecular weight excluding hydrogens is 264 g/mol. The molecular formula is C16H30N4O. The molecule has 2 aliphatic heterocycles. The fourth-order valence-corrected chi connectivity index (χ4v) is 4.11. The third-order valence-corrected chi connectivity index (χ3v) is 5.47. The van der Waals surface area contributed by atoms with Crippen molar-refractivity contribution in [1.82, 2.24) is 15.5 Å². The third kappa shape index (κ3) is 3.34. The Balaban J connectivity index is 1.58. The molecule has 5 heteroatoms. The number of ether oxygens (including phenoxy) is 1. The van der Waals surface area contributed by atoms with Crippen LogP contribution in [0, 0.1) is 0 Å². The Kier molecular flexibility index (Phi) is 4.69. The summed E-state index contributed by atoms with van der Waals surface area (Å²) in [6.07, 6.45) is 8.18. The zero-order valence-corrected chi connectivity index (χ0v) is 13.5. The van der Waals surface area contributed by atoms with Crippen LogP contribution in [0.4, 0.5) is 0 Å². The number of aliphatic imine (C=N–C) groups is 1. The monoisotopic (exact) mass is 294 g/mol. The maximum Gasteiger partial charge on any atom is 0.191 e. The molecule has 0 radical (unpaired) electrons. The Labute approximate surface area is 128 Å². The minimum absolute atomic E-state index is 0.342. The number of nitrogens with one attached hydrogen (secondary N) is 2. The van der Waals surface area contributed by atoms with Crippen LogP contribution in [0.5, 0.6) is 0 Å². The van der Waals surface area contributed by atoms with Gasteiger partial charge in [-0.05, 0) is 32.6 Å². The maximum atomic E-state index is 5.52. The second-order valence-electron chi connectivity index (χ2n) is 6.94. The average Bonchev–Trinajstić information content (AvgIpc) is 3.15. The van der Waals surface area contributed by atoms with E-state index in [4.69, 9.17) is 4.74 Å². The lowest BCUT2D eigenvalue weighted by atomic mass is 9.91. The van der Waals surface area contributed by atoms with Crippen LogP contribution >= 0.6 is 0 Å². The molecule has 1 saturated heterocycles. The Hall–Kier alpha value is -0.810. The van der Waals surface area contributed by atoms with Crippen LogP contribution in [0.1, 0.15) is 45.4 Å². The summed E-state index contributed by atoms with van der Waals surface area (Å²) in [5.41, 5.74) is 0.342. The zero-order valence-electron chi connectivity index (χ0n) is 13.5. The minimum atomic E-state index is 0.342. The van der Waals surface area contributed by atoms with Crippen LogP contribution in [-0.2, 0) is 4.74 Å². The van der Waals surface area contributed by atoms with E-state index >= 15 is 0 Å². The molecule has 3 rings (SSSR count). The number of methoxy groups -OCH3 is 1. The van der Waals surface area contributed by atoms with Crippen molar-refractivity contribution in [3.63, 3.8) is 0 Å². The average molecular weight is 294 g/mol. The zero-order chi connectivity index (χ0) is 14.7. The molecule has 3 aliphatic rings. The highest BCUT2D eigenvalue weighted by atomic mass is 16.5. The number of hydrogen-bond acceptors (Lipinski definition) is 5. The predicted octanol–water partition coefficient (Wildman–Crippen LogP) is 1.35. The second-order valence-corrected chi connectivity index (χ2v) is 6.94. The number of rotatable bonds is 4. The van der Waals surface area contributed by atoms with Gasteiger partial charge in [-0.1, -0.05) is 12.8 Å². The molecule has 2 fully saturated rings. The molecule has 2 heterocycles. The summed E-state index contributed by atoms with van der Waals surface area (Å²) in [5, 5.41) is 7.00. The highest BCUT2D eigenvalue weighted by Crippen LogP contribution is 2.36. The first kappa shape index (κ1) is 15.1. The van der Waals surface area contributed by atoms with E-state index in [1.165, 1.54) is 51.6 Å². The summed E-state index contributed by atoms with van der Waals surface area (Å²) >= 11 is 0. The van der Waals surface area contributed by atoms with Gasteiger partial charge in [-0.15, -0.1) is 0 Å². The largest absolute Gasteiger partial charge is 0.381 e. The molecule has 0 spiro atoms. The molecule has 0 aromatic rings. The number of likely N-dealkylation sites (tertiary alicyclic amines) is 1. The lowest BCUT2D eigenvalue weighted by molar-refractivity contribution is -0.00162. The Morgan fingerprint density at radius 1 is 1.33 bits per heavy atom. The van der Waals surface area contributed by atoms with Crippen molar-refractivity contribution in [3.05, 3.63) is 0 Å². The van der Waals surface area contributed by atoms with Crippen LogP contribution in [0.3, 0.4) is 0 Å². The van der Waals surface area contributed by atoms with Gasteiger partial charge in [0.05, 0.1) is 12.6 Å². The van der Waals surface area contributed by atoms with E-state index in [1.807, 2.05) is 7.11 Å². The number of nitrogens with zero attached hydrogens (tertiary/aromatic N) is 2. The quantitative estimate of drug-likeness (QED) is 0.822. The number of piperidine rings is 1. The van der Waals surface area contributed by atoms with Gasteiger partial charge in [-0.3, -0.25) is 9.89 Å². The Morgan fingerprint density at radius 2 is 2.05 bits per heavy atom. The first-order valence-corrected chi connectivity index (χ1v) is 8.54. The smallest absolute Gasteiger partial charge is 0.191 e. The fourth-order valence-electron chi connectivity index (χ4n) is 4.11. The fraction of sp³-hybridized carbons (Fsp3) is 0.938. The number of hydrogen-bond donors (Lipinski definition) is 2. The summed E-state index contributed by atoms with van der Waals surface area (Å²) in [5.74, 6) is 1.00. The molecule has 21 heavy (non-hydrogen) atoms. The molecule has 0 amide bonds. The molecule has 0 aromatic carbocycles. The SMILES string of the molecule is COC1CCN(C2(CNC3=NCC(C)N3)CCCC2)CC1. The van der Waals surface area contributed by atoms with E-state index in [0.717, 1.165) is 19.0 Å². The molecule has 1 aliphatic carbocycles. The number of guanidine groups is 1. The van der Waals surface area contributed by atoms with Crippen molar-refractivity contribution < 1.29 is 4.74 Å². The van der Waals surface area contributed by atoms with E-state index in [1.54, 1.807) is 0 Å². The maximum absolute atomic E-state index is 5.52. The van der Waals surface area contributed by atoms with Crippen molar-refractivity contribution in [2.24, 2.45) is 4.99 Å². The van der Waals surface area contributed by atoms with E-state index in [-0.39, 0.29) is 0 Å². The molecule has 0 aromatic heterocycles. The first-order chi connectivity index (χ1) is 10.2. The van der Waals surface area contributed by atoms with Crippen LogP contribution in [0.15, 0.2) is 4.99 Å². The standard InChI is InChI=1S/C16H30N4O/c1-13-11-17-15(19-13)18-12-16(7-3-4-8-16)20-9-5-14(21-2)6-10-20/h13-14H,3-12H2,1-2H3,(H2,17,18,19). The van der Waals surface area contributed by atoms with Crippen molar-refractivity contribution >= 4 is 5.96 Å². The lowest BCUT2D eigenvalue weighted by Gasteiger charge is -2.45. The van der Waals surface area contributed by atoms with Crippen LogP contribution in [0.25, 0.3) is 0 Å². The lowest BCUT2D eigenvalue weighted by Crippen LogP contribution is -2.57. The molecule has 120 valence electrons. The second kappa shape index (κ2) is 6.53. The van der Waals surface area contributed by atoms with E-state index < -0.39 is 0 Å². The van der Waals surface area contributed by atoms with E-state index in [2.05, 4.69) is 27.4 Å². The van der Waals surface area contributed by atoms with Gasteiger partial charge >= 0.3 is 0 Å². The van der Waals surface area contributed by atoms with Crippen LogP contribution in [-0.4, -0.2) is 61.8 Å². The normalized spacial score (nSPS) is 30.2. The van der Waals surface area contributed by atoms with Gasteiger partial charge in [-0.2, -0.15) is 0 Å². The van der Waals surface area contributed by atoms with Gasteiger partial charge in [0.25, 0.3) is 0 Å².